The zero-order chi connectivity index (χ0) is 19.6. The first kappa shape index (κ1) is 19.7. The third kappa shape index (κ3) is 6.28. The summed E-state index contributed by atoms with van der Waals surface area (Å²) in [7, 11) is 4.15. The number of rotatable bonds is 10. The molecule has 0 aromatic carbocycles. The van der Waals surface area contributed by atoms with Gasteiger partial charge in [-0.2, -0.15) is 4.98 Å². The maximum atomic E-state index is 4.67. The van der Waals surface area contributed by atoms with Gasteiger partial charge in [-0.15, -0.1) is 0 Å². The summed E-state index contributed by atoms with van der Waals surface area (Å²) in [6.45, 7) is 2.64. The van der Waals surface area contributed by atoms with Crippen molar-refractivity contribution in [1.82, 2.24) is 24.8 Å². The van der Waals surface area contributed by atoms with E-state index in [1.165, 1.54) is 5.56 Å². The fraction of sp³-hybridized carbons (Fsp3) is 0.333. The van der Waals surface area contributed by atoms with Crippen LogP contribution in [0.5, 0.6) is 0 Å². The Morgan fingerprint density at radius 1 is 0.857 bits per heavy atom. The first-order valence-corrected chi connectivity index (χ1v) is 9.51. The van der Waals surface area contributed by atoms with Gasteiger partial charge in [0, 0.05) is 49.5 Å². The van der Waals surface area contributed by atoms with Gasteiger partial charge < -0.3 is 15.5 Å². The van der Waals surface area contributed by atoms with Crippen LogP contribution in [-0.4, -0.2) is 58.6 Å². The molecular weight excluding hydrogens is 350 g/mol. The Bertz CT molecular complexity index is 838. The van der Waals surface area contributed by atoms with Crippen LogP contribution in [0.15, 0.2) is 55.1 Å². The largest absolute Gasteiger partial charge is 0.370 e. The Hall–Kier alpha value is -3.06. The SMILES string of the molecule is CN(C)CCCNc1nc(NCCc2ccncc2)cc(-c2ccncc2)n1. The van der Waals surface area contributed by atoms with E-state index in [0.717, 1.165) is 49.6 Å². The maximum absolute atomic E-state index is 4.67. The molecule has 146 valence electrons. The average molecular weight is 377 g/mol. The van der Waals surface area contributed by atoms with E-state index < -0.39 is 0 Å². The topological polar surface area (TPSA) is 78.9 Å². The lowest BCUT2D eigenvalue weighted by Crippen LogP contribution is -2.17. The molecule has 3 aromatic rings. The molecule has 3 aromatic heterocycles. The zero-order valence-corrected chi connectivity index (χ0v) is 16.5. The van der Waals surface area contributed by atoms with Gasteiger partial charge in [-0.1, -0.05) is 0 Å². The van der Waals surface area contributed by atoms with Crippen molar-refractivity contribution in [2.24, 2.45) is 0 Å². The van der Waals surface area contributed by atoms with Crippen molar-refractivity contribution in [3.05, 3.63) is 60.7 Å². The van der Waals surface area contributed by atoms with Gasteiger partial charge in [-0.3, -0.25) is 9.97 Å². The highest BCUT2D eigenvalue weighted by molar-refractivity contribution is 5.63. The standard InChI is InChI=1S/C21H27N7/c1-28(2)15-3-9-25-21-26-19(18-7-12-23-13-8-18)16-20(27-21)24-14-6-17-4-10-22-11-5-17/h4-5,7-8,10-13,16H,3,6,9,14-15H2,1-2H3,(H2,24,25,26,27). The van der Waals surface area contributed by atoms with E-state index >= 15 is 0 Å². The van der Waals surface area contributed by atoms with Crippen molar-refractivity contribution >= 4 is 11.8 Å². The molecule has 0 saturated carbocycles. The number of nitrogens with one attached hydrogen (secondary N) is 2. The van der Waals surface area contributed by atoms with Crippen molar-refractivity contribution in [1.29, 1.82) is 0 Å². The van der Waals surface area contributed by atoms with Gasteiger partial charge in [0.05, 0.1) is 5.69 Å². The first-order chi connectivity index (χ1) is 13.7. The van der Waals surface area contributed by atoms with E-state index in [1.807, 2.05) is 42.7 Å². The summed E-state index contributed by atoms with van der Waals surface area (Å²) in [5, 5.41) is 6.76. The van der Waals surface area contributed by atoms with Gasteiger partial charge in [0.25, 0.3) is 0 Å². The van der Waals surface area contributed by atoms with Gasteiger partial charge in [0.1, 0.15) is 5.82 Å². The Morgan fingerprint density at radius 2 is 1.57 bits per heavy atom. The minimum Gasteiger partial charge on any atom is -0.370 e. The second kappa shape index (κ2) is 10.3. The van der Waals surface area contributed by atoms with Crippen molar-refractivity contribution in [3.8, 4) is 11.3 Å². The normalized spacial score (nSPS) is 10.8. The lowest BCUT2D eigenvalue weighted by Gasteiger charge is -2.13. The summed E-state index contributed by atoms with van der Waals surface area (Å²) in [4.78, 5) is 19.6. The first-order valence-electron chi connectivity index (χ1n) is 9.51. The summed E-state index contributed by atoms with van der Waals surface area (Å²) in [5.74, 6) is 1.45. The summed E-state index contributed by atoms with van der Waals surface area (Å²) >= 11 is 0. The smallest absolute Gasteiger partial charge is 0.225 e. The van der Waals surface area contributed by atoms with Gasteiger partial charge in [0.15, 0.2) is 0 Å². The summed E-state index contributed by atoms with van der Waals surface area (Å²) in [6.07, 6.45) is 9.12. The van der Waals surface area contributed by atoms with Crippen LogP contribution in [0.3, 0.4) is 0 Å². The van der Waals surface area contributed by atoms with E-state index in [2.05, 4.69) is 49.6 Å². The van der Waals surface area contributed by atoms with Crippen molar-refractivity contribution in [3.63, 3.8) is 0 Å². The monoisotopic (exact) mass is 377 g/mol. The number of pyridine rings is 2. The minimum absolute atomic E-state index is 0.638. The summed E-state index contributed by atoms with van der Waals surface area (Å²) in [6, 6.07) is 9.95. The summed E-state index contributed by atoms with van der Waals surface area (Å²) < 4.78 is 0. The van der Waals surface area contributed by atoms with Gasteiger partial charge in [-0.05, 0) is 63.3 Å². The zero-order valence-electron chi connectivity index (χ0n) is 16.5. The van der Waals surface area contributed by atoms with Crippen LogP contribution in [0.2, 0.25) is 0 Å². The highest BCUT2D eigenvalue weighted by Crippen LogP contribution is 2.21. The molecule has 0 spiro atoms. The van der Waals surface area contributed by atoms with E-state index in [0.29, 0.717) is 5.95 Å². The van der Waals surface area contributed by atoms with Crippen molar-refractivity contribution < 1.29 is 0 Å². The third-order valence-corrected chi connectivity index (χ3v) is 4.24. The van der Waals surface area contributed by atoms with Crippen LogP contribution in [0.25, 0.3) is 11.3 Å². The molecule has 0 fully saturated rings. The predicted octanol–water partition coefficient (Wildman–Crippen LogP) is 2.95. The molecule has 0 bridgehead atoms. The molecule has 2 N–H and O–H groups in total. The van der Waals surface area contributed by atoms with Crippen LogP contribution in [0.4, 0.5) is 11.8 Å². The number of nitrogens with zero attached hydrogens (tertiary/aromatic N) is 5. The number of anilines is 2. The van der Waals surface area contributed by atoms with Gasteiger partial charge in [-0.25, -0.2) is 4.98 Å². The van der Waals surface area contributed by atoms with Gasteiger partial charge in [0.2, 0.25) is 5.95 Å². The Morgan fingerprint density at radius 3 is 2.29 bits per heavy atom. The molecule has 0 saturated heterocycles. The molecule has 0 radical (unpaired) electrons. The lowest BCUT2D eigenvalue weighted by molar-refractivity contribution is 0.405. The molecule has 7 nitrogen and oxygen atoms in total. The van der Waals surface area contributed by atoms with Crippen LogP contribution in [0, 0.1) is 0 Å². The maximum Gasteiger partial charge on any atom is 0.225 e. The average Bonchev–Trinajstić information content (AvgIpc) is 2.72. The van der Waals surface area contributed by atoms with Crippen LogP contribution >= 0.6 is 0 Å². The van der Waals surface area contributed by atoms with E-state index in [-0.39, 0.29) is 0 Å². The fourth-order valence-corrected chi connectivity index (χ4v) is 2.77. The number of aromatic nitrogens is 4. The van der Waals surface area contributed by atoms with Crippen molar-refractivity contribution in [2.75, 3.05) is 44.4 Å². The van der Waals surface area contributed by atoms with E-state index in [4.69, 9.17) is 0 Å². The molecule has 28 heavy (non-hydrogen) atoms. The fourth-order valence-electron chi connectivity index (χ4n) is 2.77. The second-order valence-electron chi connectivity index (χ2n) is 6.81. The van der Waals surface area contributed by atoms with E-state index in [1.54, 1.807) is 12.4 Å². The lowest BCUT2D eigenvalue weighted by atomic mass is 10.2. The molecule has 3 heterocycles. The van der Waals surface area contributed by atoms with Crippen LogP contribution in [0.1, 0.15) is 12.0 Å². The van der Waals surface area contributed by atoms with Crippen LogP contribution < -0.4 is 10.6 Å². The summed E-state index contributed by atoms with van der Waals surface area (Å²) in [5.41, 5.74) is 3.14. The number of hydrogen-bond donors (Lipinski definition) is 2. The molecule has 0 aliphatic heterocycles. The highest BCUT2D eigenvalue weighted by atomic mass is 15.1. The molecule has 0 unspecified atom stereocenters. The predicted molar refractivity (Wildman–Crippen MR) is 113 cm³/mol. The molecule has 0 aliphatic carbocycles. The van der Waals surface area contributed by atoms with E-state index in [9.17, 15) is 0 Å². The Balaban J connectivity index is 1.69. The molecule has 7 heteroatoms. The molecular formula is C21H27N7. The minimum atomic E-state index is 0.638. The highest BCUT2D eigenvalue weighted by Gasteiger charge is 2.07. The molecule has 0 atom stereocenters. The Kier molecular flexibility index (Phi) is 7.26. The van der Waals surface area contributed by atoms with Crippen LogP contribution in [-0.2, 0) is 6.42 Å². The second-order valence-corrected chi connectivity index (χ2v) is 6.81. The molecule has 3 rings (SSSR count). The Labute approximate surface area is 166 Å². The molecule has 0 amide bonds. The van der Waals surface area contributed by atoms with Gasteiger partial charge >= 0.3 is 0 Å². The number of hydrogen-bond acceptors (Lipinski definition) is 7. The quantitative estimate of drug-likeness (QED) is 0.526. The third-order valence-electron chi connectivity index (χ3n) is 4.24. The molecule has 0 aliphatic rings. The van der Waals surface area contributed by atoms with Crippen molar-refractivity contribution in [2.45, 2.75) is 12.8 Å².